The van der Waals surface area contributed by atoms with Gasteiger partial charge in [0.2, 0.25) is 5.91 Å². The fourth-order valence-corrected chi connectivity index (χ4v) is 2.55. The number of guanidine groups is 1. The highest BCUT2D eigenvalue weighted by molar-refractivity contribution is 5.86. The van der Waals surface area contributed by atoms with Gasteiger partial charge in [0, 0.05) is 19.1 Å². The van der Waals surface area contributed by atoms with Crippen molar-refractivity contribution in [2.45, 2.75) is 39.5 Å². The number of carbonyl (C=O) groups excluding carboxylic acids is 1. The average molecular weight is 383 g/mol. The summed E-state index contributed by atoms with van der Waals surface area (Å²) in [6.45, 7) is 7.13. The van der Waals surface area contributed by atoms with Gasteiger partial charge < -0.3 is 20.7 Å². The summed E-state index contributed by atoms with van der Waals surface area (Å²) in [7, 11) is 1.68. The minimum Gasteiger partial charge on any atom is -0.489 e. The van der Waals surface area contributed by atoms with E-state index in [-0.39, 0.29) is 18.0 Å². The molecule has 0 aliphatic rings. The Morgan fingerprint density at radius 1 is 1.00 bits per heavy atom. The molecule has 150 valence electrons. The molecule has 0 radical (unpaired) electrons. The molecule has 0 aromatic heterocycles. The second-order valence-electron chi connectivity index (χ2n) is 7.50. The van der Waals surface area contributed by atoms with Crippen molar-refractivity contribution in [2.75, 3.05) is 13.6 Å². The van der Waals surface area contributed by atoms with Gasteiger partial charge in [0.1, 0.15) is 12.4 Å². The van der Waals surface area contributed by atoms with Crippen LogP contribution in [0.25, 0.3) is 0 Å². The minimum atomic E-state index is -0.252. The highest BCUT2D eigenvalue weighted by Gasteiger charge is 2.13. The van der Waals surface area contributed by atoms with E-state index < -0.39 is 0 Å². The van der Waals surface area contributed by atoms with Crippen molar-refractivity contribution in [1.82, 2.24) is 16.0 Å². The van der Waals surface area contributed by atoms with Gasteiger partial charge in [-0.15, -0.1) is 0 Å². The average Bonchev–Trinajstić information content (AvgIpc) is 2.66. The number of nitrogens with zero attached hydrogens (tertiary/aromatic N) is 1. The quantitative estimate of drug-likeness (QED) is 0.508. The second kappa shape index (κ2) is 10.3. The largest absolute Gasteiger partial charge is 0.489 e. The third-order valence-electron chi connectivity index (χ3n) is 3.75. The van der Waals surface area contributed by atoms with E-state index in [4.69, 9.17) is 4.74 Å². The van der Waals surface area contributed by atoms with Gasteiger partial charge in [-0.3, -0.25) is 9.79 Å². The number of rotatable bonds is 7. The van der Waals surface area contributed by atoms with Crippen LogP contribution in [0.3, 0.4) is 0 Å². The number of para-hydroxylation sites is 1. The van der Waals surface area contributed by atoms with Crippen LogP contribution in [0.15, 0.2) is 59.6 Å². The molecule has 2 rings (SSSR count). The number of carbonyl (C=O) groups is 1. The number of amides is 1. The molecule has 28 heavy (non-hydrogen) atoms. The normalized spacial score (nSPS) is 11.6. The van der Waals surface area contributed by atoms with Crippen LogP contribution in [0.4, 0.5) is 0 Å². The molecule has 0 saturated carbocycles. The van der Waals surface area contributed by atoms with E-state index in [1.54, 1.807) is 7.05 Å². The van der Waals surface area contributed by atoms with Gasteiger partial charge in [-0.1, -0.05) is 42.5 Å². The molecule has 2 aromatic rings. The van der Waals surface area contributed by atoms with Crippen LogP contribution in [-0.2, 0) is 17.9 Å². The first-order valence-corrected chi connectivity index (χ1v) is 9.37. The molecule has 3 N–H and O–H groups in total. The fraction of sp³-hybridized carbons (Fsp3) is 0.364. The van der Waals surface area contributed by atoms with E-state index >= 15 is 0 Å². The standard InChI is InChI=1S/C22H30N4O2/c1-22(2,3)26-20(27)15-25-21(23-4)24-14-17-9-8-10-18(13-17)16-28-19-11-6-5-7-12-19/h5-13H,14-16H2,1-4H3,(H,26,27)(H2,23,24,25). The third-order valence-corrected chi connectivity index (χ3v) is 3.75. The van der Waals surface area contributed by atoms with Gasteiger partial charge in [-0.2, -0.15) is 0 Å². The lowest BCUT2D eigenvalue weighted by atomic mass is 10.1. The summed E-state index contributed by atoms with van der Waals surface area (Å²) in [5, 5.41) is 9.16. The van der Waals surface area contributed by atoms with Crippen molar-refractivity contribution in [2.24, 2.45) is 4.99 Å². The van der Waals surface area contributed by atoms with Gasteiger partial charge in [0.25, 0.3) is 0 Å². The Labute approximate surface area is 167 Å². The zero-order chi connectivity index (χ0) is 20.4. The third kappa shape index (κ3) is 8.12. The maximum atomic E-state index is 11.9. The van der Waals surface area contributed by atoms with Crippen LogP contribution in [0.5, 0.6) is 5.75 Å². The van der Waals surface area contributed by atoms with Crippen LogP contribution in [-0.4, -0.2) is 31.0 Å². The van der Waals surface area contributed by atoms with E-state index in [1.165, 1.54) is 0 Å². The van der Waals surface area contributed by atoms with Crippen molar-refractivity contribution >= 4 is 11.9 Å². The Hall–Kier alpha value is -3.02. The van der Waals surface area contributed by atoms with Crippen LogP contribution >= 0.6 is 0 Å². The number of ether oxygens (including phenoxy) is 1. The summed E-state index contributed by atoms with van der Waals surface area (Å²) in [6, 6.07) is 17.9. The van der Waals surface area contributed by atoms with E-state index in [1.807, 2.05) is 69.3 Å². The maximum absolute atomic E-state index is 11.9. The molecule has 0 fully saturated rings. The first-order valence-electron chi connectivity index (χ1n) is 9.37. The van der Waals surface area contributed by atoms with E-state index in [2.05, 4.69) is 27.0 Å². The summed E-state index contributed by atoms with van der Waals surface area (Å²) in [6.07, 6.45) is 0. The Morgan fingerprint density at radius 3 is 2.39 bits per heavy atom. The van der Waals surface area contributed by atoms with Crippen molar-refractivity contribution < 1.29 is 9.53 Å². The van der Waals surface area contributed by atoms with E-state index in [0.717, 1.165) is 16.9 Å². The number of benzene rings is 2. The van der Waals surface area contributed by atoms with Crippen molar-refractivity contribution in [3.8, 4) is 5.75 Å². The zero-order valence-corrected chi connectivity index (χ0v) is 17.1. The Balaban J connectivity index is 1.81. The van der Waals surface area contributed by atoms with Gasteiger partial charge in [-0.25, -0.2) is 0 Å². The highest BCUT2D eigenvalue weighted by Crippen LogP contribution is 2.12. The van der Waals surface area contributed by atoms with Crippen molar-refractivity contribution in [3.05, 3.63) is 65.7 Å². The van der Waals surface area contributed by atoms with Crippen LogP contribution in [0.2, 0.25) is 0 Å². The predicted molar refractivity (Wildman–Crippen MR) is 113 cm³/mol. The molecule has 0 atom stereocenters. The van der Waals surface area contributed by atoms with Gasteiger partial charge in [-0.05, 0) is 44.0 Å². The van der Waals surface area contributed by atoms with Crippen LogP contribution in [0, 0.1) is 0 Å². The fourth-order valence-electron chi connectivity index (χ4n) is 2.55. The summed E-state index contributed by atoms with van der Waals surface area (Å²) in [5.41, 5.74) is 1.95. The first kappa shape index (κ1) is 21.3. The lowest BCUT2D eigenvalue weighted by molar-refractivity contribution is -0.121. The second-order valence-corrected chi connectivity index (χ2v) is 7.50. The van der Waals surface area contributed by atoms with Crippen molar-refractivity contribution in [1.29, 1.82) is 0 Å². The number of aliphatic imine (C=N–C) groups is 1. The predicted octanol–water partition coefficient (Wildman–Crippen LogP) is 2.85. The molecular formula is C22H30N4O2. The van der Waals surface area contributed by atoms with Crippen molar-refractivity contribution in [3.63, 3.8) is 0 Å². The number of hydrogen-bond acceptors (Lipinski definition) is 3. The highest BCUT2D eigenvalue weighted by atomic mass is 16.5. The molecule has 2 aromatic carbocycles. The smallest absolute Gasteiger partial charge is 0.239 e. The molecule has 0 bridgehead atoms. The molecular weight excluding hydrogens is 352 g/mol. The maximum Gasteiger partial charge on any atom is 0.239 e. The topological polar surface area (TPSA) is 74.8 Å². The van der Waals surface area contributed by atoms with Crippen LogP contribution < -0.4 is 20.7 Å². The van der Waals surface area contributed by atoms with Gasteiger partial charge >= 0.3 is 0 Å². The SMILES string of the molecule is CN=C(NCC(=O)NC(C)(C)C)NCc1cccc(COc2ccccc2)c1. The lowest BCUT2D eigenvalue weighted by Gasteiger charge is -2.21. The molecule has 0 aliphatic carbocycles. The zero-order valence-electron chi connectivity index (χ0n) is 17.1. The first-order chi connectivity index (χ1) is 13.4. The molecule has 0 unspecified atom stereocenters. The minimum absolute atomic E-state index is 0.0736. The molecule has 0 saturated heterocycles. The summed E-state index contributed by atoms with van der Waals surface area (Å²) in [4.78, 5) is 16.1. The van der Waals surface area contributed by atoms with E-state index in [0.29, 0.717) is 19.1 Å². The number of hydrogen-bond donors (Lipinski definition) is 3. The number of nitrogens with one attached hydrogen (secondary N) is 3. The monoisotopic (exact) mass is 382 g/mol. The van der Waals surface area contributed by atoms with Crippen LogP contribution in [0.1, 0.15) is 31.9 Å². The molecule has 0 spiro atoms. The molecule has 6 heteroatoms. The molecule has 0 aliphatic heterocycles. The molecule has 0 heterocycles. The van der Waals surface area contributed by atoms with Gasteiger partial charge in [0.15, 0.2) is 5.96 Å². The Kier molecular flexibility index (Phi) is 7.87. The molecule has 6 nitrogen and oxygen atoms in total. The molecule has 1 amide bonds. The summed E-state index contributed by atoms with van der Waals surface area (Å²) < 4.78 is 5.80. The Morgan fingerprint density at radius 2 is 1.71 bits per heavy atom. The lowest BCUT2D eigenvalue weighted by Crippen LogP contribution is -2.48. The van der Waals surface area contributed by atoms with E-state index in [9.17, 15) is 4.79 Å². The Bertz CT molecular complexity index is 783. The summed E-state index contributed by atoms with van der Waals surface area (Å²) in [5.74, 6) is 1.36. The van der Waals surface area contributed by atoms with Gasteiger partial charge in [0.05, 0.1) is 6.54 Å². The summed E-state index contributed by atoms with van der Waals surface area (Å²) >= 11 is 0.